The van der Waals surface area contributed by atoms with Crippen LogP contribution in [0.15, 0.2) is 64.6 Å². The molecule has 0 radical (unpaired) electrons. The number of imidazole rings is 1. The van der Waals surface area contributed by atoms with Gasteiger partial charge >= 0.3 is 0 Å². The van der Waals surface area contributed by atoms with E-state index in [4.69, 9.17) is 4.74 Å². The van der Waals surface area contributed by atoms with Gasteiger partial charge in [0.1, 0.15) is 17.6 Å². The fraction of sp³-hybridized carbons (Fsp3) is 0.250. The molecule has 10 heteroatoms. The molecule has 0 saturated heterocycles. The van der Waals surface area contributed by atoms with Gasteiger partial charge < -0.3 is 9.30 Å². The predicted molar refractivity (Wildman–Crippen MR) is 113 cm³/mol. The Bertz CT molecular complexity index is 1280. The lowest BCUT2D eigenvalue weighted by Crippen LogP contribution is -2.31. The standard InChI is InChI=1S/C20H23N3O5S2/c1-14-8-9-17(29(4,24)25)13-18(14)30(26,27)22-19(20-21-10-11-23(20)2)15-6-5-7-16(12-15)28-3/h5-13,19,22H,1-4H3. The number of nitrogens with zero attached hydrogens (tertiary/aromatic N) is 2. The highest BCUT2D eigenvalue weighted by Crippen LogP contribution is 2.28. The first kappa shape index (κ1) is 22.0. The average Bonchev–Trinajstić information content (AvgIpc) is 3.11. The lowest BCUT2D eigenvalue weighted by atomic mass is 10.1. The number of aryl methyl sites for hydroxylation is 2. The highest BCUT2D eigenvalue weighted by Gasteiger charge is 2.28. The van der Waals surface area contributed by atoms with Crippen molar-refractivity contribution >= 4 is 19.9 Å². The summed E-state index contributed by atoms with van der Waals surface area (Å²) < 4.78 is 60.1. The first-order valence-electron chi connectivity index (χ1n) is 8.97. The van der Waals surface area contributed by atoms with Gasteiger partial charge in [0.05, 0.1) is 16.9 Å². The van der Waals surface area contributed by atoms with Crippen molar-refractivity contribution in [2.45, 2.75) is 22.8 Å². The van der Waals surface area contributed by atoms with Crippen molar-refractivity contribution in [2.75, 3.05) is 13.4 Å². The van der Waals surface area contributed by atoms with Gasteiger partial charge in [-0.15, -0.1) is 0 Å². The molecule has 30 heavy (non-hydrogen) atoms. The molecule has 0 amide bonds. The minimum Gasteiger partial charge on any atom is -0.497 e. The number of ether oxygens (including phenoxy) is 1. The Morgan fingerprint density at radius 1 is 1.10 bits per heavy atom. The van der Waals surface area contributed by atoms with Crippen molar-refractivity contribution in [2.24, 2.45) is 7.05 Å². The average molecular weight is 450 g/mol. The largest absolute Gasteiger partial charge is 0.497 e. The number of sulfonamides is 1. The molecule has 0 saturated carbocycles. The van der Waals surface area contributed by atoms with Crippen molar-refractivity contribution in [3.05, 3.63) is 71.8 Å². The molecule has 2 aromatic carbocycles. The topological polar surface area (TPSA) is 107 Å². The van der Waals surface area contributed by atoms with E-state index in [1.165, 1.54) is 25.3 Å². The molecule has 1 N–H and O–H groups in total. The molecule has 0 spiro atoms. The summed E-state index contributed by atoms with van der Waals surface area (Å²) in [6.45, 7) is 1.61. The fourth-order valence-corrected chi connectivity index (χ4v) is 5.24. The summed E-state index contributed by atoms with van der Waals surface area (Å²) in [4.78, 5) is 4.13. The van der Waals surface area contributed by atoms with E-state index in [9.17, 15) is 16.8 Å². The van der Waals surface area contributed by atoms with Crippen LogP contribution in [0.4, 0.5) is 0 Å². The number of nitrogens with one attached hydrogen (secondary N) is 1. The molecule has 0 aliphatic rings. The van der Waals surface area contributed by atoms with Crippen molar-refractivity contribution < 1.29 is 21.6 Å². The van der Waals surface area contributed by atoms with E-state index in [1.54, 1.807) is 55.2 Å². The van der Waals surface area contributed by atoms with Crippen LogP contribution in [-0.2, 0) is 26.9 Å². The Morgan fingerprint density at radius 3 is 2.43 bits per heavy atom. The van der Waals surface area contributed by atoms with Gasteiger partial charge in [-0.05, 0) is 42.3 Å². The molecule has 0 aliphatic heterocycles. The van der Waals surface area contributed by atoms with Crippen LogP contribution in [-0.4, -0.2) is 39.8 Å². The zero-order chi connectivity index (χ0) is 22.1. The summed E-state index contributed by atoms with van der Waals surface area (Å²) in [5.41, 5.74) is 1.06. The maximum Gasteiger partial charge on any atom is 0.241 e. The molecule has 3 aromatic rings. The second-order valence-corrected chi connectivity index (χ2v) is 10.6. The van der Waals surface area contributed by atoms with Gasteiger partial charge in [-0.3, -0.25) is 0 Å². The molecule has 3 rings (SSSR count). The molecular formula is C20H23N3O5S2. The molecule has 8 nitrogen and oxygen atoms in total. The Kier molecular flexibility index (Phi) is 6.02. The first-order valence-corrected chi connectivity index (χ1v) is 12.3. The molecular weight excluding hydrogens is 426 g/mol. The Morgan fingerprint density at radius 2 is 1.83 bits per heavy atom. The van der Waals surface area contributed by atoms with E-state index in [1.807, 2.05) is 0 Å². The predicted octanol–water partition coefficient (Wildman–Crippen LogP) is 2.21. The van der Waals surface area contributed by atoms with Crippen LogP contribution in [0.2, 0.25) is 0 Å². The zero-order valence-electron chi connectivity index (χ0n) is 17.0. The molecule has 1 unspecified atom stereocenters. The molecule has 160 valence electrons. The summed E-state index contributed by atoms with van der Waals surface area (Å²) in [5, 5.41) is 0. The molecule has 0 bridgehead atoms. The summed E-state index contributed by atoms with van der Waals surface area (Å²) in [6, 6.07) is 10.2. The van der Waals surface area contributed by atoms with Gasteiger partial charge in [-0.1, -0.05) is 18.2 Å². The van der Waals surface area contributed by atoms with Crippen LogP contribution in [0.25, 0.3) is 0 Å². The molecule has 1 heterocycles. The number of hydrogen-bond donors (Lipinski definition) is 1. The smallest absolute Gasteiger partial charge is 0.241 e. The van der Waals surface area contributed by atoms with Gasteiger partial charge in [-0.2, -0.15) is 4.72 Å². The highest BCUT2D eigenvalue weighted by atomic mass is 32.2. The molecule has 0 fully saturated rings. The van der Waals surface area contributed by atoms with E-state index in [2.05, 4.69) is 9.71 Å². The molecule has 0 aliphatic carbocycles. The van der Waals surface area contributed by atoms with Gasteiger partial charge in [0.15, 0.2) is 9.84 Å². The van der Waals surface area contributed by atoms with Gasteiger partial charge in [0.2, 0.25) is 10.0 Å². The summed E-state index contributed by atoms with van der Waals surface area (Å²) in [5.74, 6) is 1.05. The minimum atomic E-state index is -4.09. The third kappa shape index (κ3) is 4.55. The van der Waals surface area contributed by atoms with Crippen LogP contribution >= 0.6 is 0 Å². The highest BCUT2D eigenvalue weighted by molar-refractivity contribution is 7.91. The van der Waals surface area contributed by atoms with Crippen molar-refractivity contribution in [3.8, 4) is 5.75 Å². The summed E-state index contributed by atoms with van der Waals surface area (Å²) in [6.07, 6.45) is 4.33. The lowest BCUT2D eigenvalue weighted by molar-refractivity contribution is 0.413. The Balaban J connectivity index is 2.12. The molecule has 1 atom stereocenters. The monoisotopic (exact) mass is 449 g/mol. The van der Waals surface area contributed by atoms with Crippen molar-refractivity contribution in [3.63, 3.8) is 0 Å². The maximum atomic E-state index is 13.3. The zero-order valence-corrected chi connectivity index (χ0v) is 18.7. The number of hydrogen-bond acceptors (Lipinski definition) is 6. The van der Waals surface area contributed by atoms with Crippen LogP contribution in [0.3, 0.4) is 0 Å². The maximum absolute atomic E-state index is 13.3. The van der Waals surface area contributed by atoms with Crippen LogP contribution in [0.5, 0.6) is 5.75 Å². The lowest BCUT2D eigenvalue weighted by Gasteiger charge is -2.20. The SMILES string of the molecule is COc1cccc(C(NS(=O)(=O)c2cc(S(C)(=O)=O)ccc2C)c2nccn2C)c1. The normalized spacial score (nSPS) is 13.2. The van der Waals surface area contributed by atoms with Gasteiger partial charge in [0, 0.05) is 25.7 Å². The van der Waals surface area contributed by atoms with Crippen molar-refractivity contribution in [1.29, 1.82) is 0 Å². The fourth-order valence-electron chi connectivity index (χ4n) is 3.07. The van der Waals surface area contributed by atoms with Crippen LogP contribution in [0, 0.1) is 6.92 Å². The van der Waals surface area contributed by atoms with Crippen LogP contribution in [0.1, 0.15) is 23.0 Å². The third-order valence-corrected chi connectivity index (χ3v) is 7.37. The number of benzene rings is 2. The van der Waals surface area contributed by atoms with E-state index in [0.29, 0.717) is 22.7 Å². The van der Waals surface area contributed by atoms with Crippen LogP contribution < -0.4 is 9.46 Å². The second-order valence-electron chi connectivity index (χ2n) is 6.93. The van der Waals surface area contributed by atoms with E-state index in [0.717, 1.165) is 6.26 Å². The quantitative estimate of drug-likeness (QED) is 0.593. The Labute approximate surface area is 176 Å². The number of aromatic nitrogens is 2. The van der Waals surface area contributed by atoms with Crippen molar-refractivity contribution in [1.82, 2.24) is 14.3 Å². The van der Waals surface area contributed by atoms with Gasteiger partial charge in [0.25, 0.3) is 0 Å². The van der Waals surface area contributed by atoms with E-state index < -0.39 is 25.9 Å². The minimum absolute atomic E-state index is 0.0663. The summed E-state index contributed by atoms with van der Waals surface area (Å²) in [7, 11) is -4.37. The second kappa shape index (κ2) is 8.21. The molecule has 1 aromatic heterocycles. The third-order valence-electron chi connectivity index (χ3n) is 4.69. The first-order chi connectivity index (χ1) is 14.0. The summed E-state index contributed by atoms with van der Waals surface area (Å²) >= 11 is 0. The Hall–Kier alpha value is -2.69. The number of sulfone groups is 1. The van der Waals surface area contributed by atoms with E-state index in [-0.39, 0.29) is 9.79 Å². The number of rotatable bonds is 7. The number of methoxy groups -OCH3 is 1. The van der Waals surface area contributed by atoms with E-state index >= 15 is 0 Å². The van der Waals surface area contributed by atoms with Gasteiger partial charge in [-0.25, -0.2) is 21.8 Å².